The van der Waals surface area contributed by atoms with Gasteiger partial charge in [0.1, 0.15) is 10.6 Å². The summed E-state index contributed by atoms with van der Waals surface area (Å²) in [6.45, 7) is 0.460. The third-order valence-corrected chi connectivity index (χ3v) is 8.19. The minimum Gasteiger partial charge on any atom is -0.391 e. The van der Waals surface area contributed by atoms with Crippen molar-refractivity contribution in [3.05, 3.63) is 48.3 Å². The van der Waals surface area contributed by atoms with Crippen molar-refractivity contribution >= 4 is 21.6 Å². The van der Waals surface area contributed by atoms with Crippen LogP contribution in [0.3, 0.4) is 0 Å². The maximum absolute atomic E-state index is 13.1. The van der Waals surface area contributed by atoms with E-state index in [0.717, 1.165) is 12.8 Å². The molecule has 2 heterocycles. The smallest absolute Gasteiger partial charge is 0.272 e. The highest BCUT2D eigenvalue weighted by Crippen LogP contribution is 2.56. The average molecular weight is 387 g/mol. The fourth-order valence-electron chi connectivity index (χ4n) is 5.15. The van der Waals surface area contributed by atoms with Crippen LogP contribution in [-0.2, 0) is 10.0 Å². The fourth-order valence-corrected chi connectivity index (χ4v) is 6.88. The van der Waals surface area contributed by atoms with Gasteiger partial charge < -0.3 is 15.4 Å². The van der Waals surface area contributed by atoms with Gasteiger partial charge in [-0.1, -0.05) is 18.2 Å². The van der Waals surface area contributed by atoms with Gasteiger partial charge in [-0.15, -0.1) is 0 Å². The minimum absolute atomic E-state index is 0.0673. The molecule has 5 rings (SSSR count). The van der Waals surface area contributed by atoms with Crippen molar-refractivity contribution in [1.29, 1.82) is 0 Å². The van der Waals surface area contributed by atoms with Crippen molar-refractivity contribution in [3.63, 3.8) is 0 Å². The largest absolute Gasteiger partial charge is 0.391 e. The second-order valence-corrected chi connectivity index (χ2v) is 9.67. The third-order valence-electron chi connectivity index (χ3n) is 6.34. The maximum Gasteiger partial charge on any atom is 0.272 e. The number of aliphatic hydroxyl groups is 1. The Balaban J connectivity index is 1.38. The third kappa shape index (κ3) is 2.55. The highest BCUT2D eigenvalue weighted by Gasteiger charge is 2.61. The zero-order valence-electron chi connectivity index (χ0n) is 14.6. The molecule has 3 N–H and O–H groups in total. The van der Waals surface area contributed by atoms with E-state index in [1.807, 2.05) is 18.2 Å². The Hall–Kier alpha value is -2.16. The molecule has 1 aromatic heterocycles. The molecular weight excluding hydrogens is 366 g/mol. The van der Waals surface area contributed by atoms with Crippen LogP contribution in [0, 0.1) is 17.8 Å². The molecule has 8 heteroatoms. The quantitative estimate of drug-likeness (QED) is 0.742. The van der Waals surface area contributed by atoms with E-state index in [1.165, 1.54) is 16.6 Å². The summed E-state index contributed by atoms with van der Waals surface area (Å²) in [5, 5.41) is 13.2. The minimum atomic E-state index is -3.76. The summed E-state index contributed by atoms with van der Waals surface area (Å²) < 4.78 is 27.7. The molecular formula is C19H21N3O4S. The van der Waals surface area contributed by atoms with Crippen LogP contribution in [0.4, 0.5) is 5.69 Å². The van der Waals surface area contributed by atoms with Gasteiger partial charge in [-0.2, -0.15) is 4.31 Å². The Kier molecular flexibility index (Phi) is 3.72. The summed E-state index contributed by atoms with van der Waals surface area (Å²) in [6, 6.07) is 10.0. The average Bonchev–Trinajstić information content (AvgIpc) is 3.38. The molecule has 27 heavy (non-hydrogen) atoms. The fraction of sp³-hybridized carbons (Fsp3) is 0.421. The van der Waals surface area contributed by atoms with Gasteiger partial charge in [0.05, 0.1) is 12.1 Å². The van der Waals surface area contributed by atoms with E-state index in [0.29, 0.717) is 18.2 Å². The second kappa shape index (κ2) is 5.92. The van der Waals surface area contributed by atoms with Crippen LogP contribution in [0.5, 0.6) is 0 Å². The van der Waals surface area contributed by atoms with Gasteiger partial charge in [-0.3, -0.25) is 4.79 Å². The highest BCUT2D eigenvalue weighted by atomic mass is 32.2. The van der Waals surface area contributed by atoms with Crippen LogP contribution in [0.2, 0.25) is 0 Å². The molecule has 1 aliphatic heterocycles. The highest BCUT2D eigenvalue weighted by molar-refractivity contribution is 7.89. The van der Waals surface area contributed by atoms with Crippen LogP contribution in [0.25, 0.3) is 0 Å². The number of hydrogen-bond acceptors (Lipinski definition) is 4. The van der Waals surface area contributed by atoms with Gasteiger partial charge in [-0.05, 0) is 48.8 Å². The summed E-state index contributed by atoms with van der Waals surface area (Å²) in [7, 11) is -3.76. The number of anilines is 1. The number of para-hydroxylation sites is 1. The van der Waals surface area contributed by atoms with Crippen molar-refractivity contribution < 1.29 is 18.3 Å². The molecule has 2 bridgehead atoms. The number of fused-ring (bicyclic) bond motifs is 1. The maximum atomic E-state index is 13.1. The molecule has 0 unspecified atom stereocenters. The SMILES string of the molecule is O=C(Nc1ccccc1)c1cc(S(=O)(=O)N2C[C@@H]3C[C@H]4C[C@H]3[C@@H]2[C@@H]4O)c[nH]1. The first kappa shape index (κ1) is 17.0. The number of rotatable bonds is 4. The number of sulfonamides is 1. The number of carbonyl (C=O) groups excluding carboxylic acids is 1. The Morgan fingerprint density at radius 2 is 1.96 bits per heavy atom. The Bertz CT molecular complexity index is 985. The molecule has 7 nitrogen and oxygen atoms in total. The number of aromatic nitrogens is 1. The summed E-state index contributed by atoms with van der Waals surface area (Å²) in [5.74, 6) is 0.436. The van der Waals surface area contributed by atoms with Gasteiger partial charge >= 0.3 is 0 Å². The predicted octanol–water partition coefficient (Wildman–Crippen LogP) is 1.66. The molecule has 0 radical (unpaired) electrons. The van der Waals surface area contributed by atoms with Crippen LogP contribution >= 0.6 is 0 Å². The van der Waals surface area contributed by atoms with E-state index >= 15 is 0 Å². The van der Waals surface area contributed by atoms with Crippen molar-refractivity contribution in [2.45, 2.75) is 29.9 Å². The normalized spacial score (nSPS) is 32.1. The molecule has 142 valence electrons. The first-order chi connectivity index (χ1) is 12.9. The first-order valence-corrected chi connectivity index (χ1v) is 10.6. The number of nitrogens with one attached hydrogen (secondary N) is 2. The lowest BCUT2D eigenvalue weighted by Crippen LogP contribution is -2.43. The lowest BCUT2D eigenvalue weighted by atomic mass is 9.88. The van der Waals surface area contributed by atoms with Gasteiger partial charge in [-0.25, -0.2) is 8.42 Å². The van der Waals surface area contributed by atoms with E-state index in [-0.39, 0.29) is 28.5 Å². The number of aromatic amines is 1. The van der Waals surface area contributed by atoms with E-state index in [1.54, 1.807) is 12.1 Å². The molecule has 1 amide bonds. The lowest BCUT2D eigenvalue weighted by Gasteiger charge is -2.28. The van der Waals surface area contributed by atoms with E-state index in [4.69, 9.17) is 0 Å². The number of H-pyrrole nitrogens is 1. The number of carbonyl (C=O) groups is 1. The van der Waals surface area contributed by atoms with Crippen LogP contribution in [0.1, 0.15) is 23.3 Å². The number of amides is 1. The molecule has 1 saturated heterocycles. The Morgan fingerprint density at radius 3 is 2.70 bits per heavy atom. The van der Waals surface area contributed by atoms with E-state index < -0.39 is 22.0 Å². The van der Waals surface area contributed by atoms with Crippen LogP contribution < -0.4 is 5.32 Å². The zero-order valence-corrected chi connectivity index (χ0v) is 15.4. The van der Waals surface area contributed by atoms with Crippen molar-refractivity contribution in [1.82, 2.24) is 9.29 Å². The first-order valence-electron chi connectivity index (χ1n) is 9.20. The van der Waals surface area contributed by atoms with E-state index in [2.05, 4.69) is 10.3 Å². The Morgan fingerprint density at radius 1 is 1.19 bits per heavy atom. The molecule has 1 aromatic carbocycles. The van der Waals surface area contributed by atoms with Gasteiger partial charge in [0, 0.05) is 18.4 Å². The summed E-state index contributed by atoms with van der Waals surface area (Å²) >= 11 is 0. The predicted molar refractivity (Wildman–Crippen MR) is 98.6 cm³/mol. The molecule has 5 atom stereocenters. The number of benzene rings is 1. The van der Waals surface area contributed by atoms with Crippen molar-refractivity contribution in [2.24, 2.45) is 17.8 Å². The topological polar surface area (TPSA) is 102 Å². The van der Waals surface area contributed by atoms with Gasteiger partial charge in [0.15, 0.2) is 0 Å². The summed E-state index contributed by atoms with van der Waals surface area (Å²) in [4.78, 5) is 15.2. The molecule has 3 fully saturated rings. The summed E-state index contributed by atoms with van der Waals surface area (Å²) in [5.41, 5.74) is 0.821. The van der Waals surface area contributed by atoms with Gasteiger partial charge in [0.25, 0.3) is 5.91 Å². The van der Waals surface area contributed by atoms with Crippen LogP contribution in [-0.4, -0.2) is 47.4 Å². The van der Waals surface area contributed by atoms with Crippen molar-refractivity contribution in [3.8, 4) is 0 Å². The van der Waals surface area contributed by atoms with Crippen molar-refractivity contribution in [2.75, 3.05) is 11.9 Å². The Labute approximate surface area is 157 Å². The number of aliphatic hydroxyl groups excluding tert-OH is 1. The molecule has 2 aliphatic carbocycles. The molecule has 3 aliphatic rings. The molecule has 2 saturated carbocycles. The monoisotopic (exact) mass is 387 g/mol. The molecule has 0 spiro atoms. The standard InChI is InChI=1S/C19H21N3O4S/c23-18-11-6-12-10-22(17(18)15(12)7-11)27(25,26)14-8-16(20-9-14)19(24)21-13-4-2-1-3-5-13/h1-5,8-9,11-12,15,17-18,20,23H,6-7,10H2,(H,21,24)/t11-,12-,15+,17+,18+/m0/s1. The number of nitrogens with zero attached hydrogens (tertiary/aromatic N) is 1. The zero-order chi connectivity index (χ0) is 18.8. The lowest BCUT2D eigenvalue weighted by molar-refractivity contribution is 0.0731. The number of hydrogen-bond donors (Lipinski definition) is 3. The van der Waals surface area contributed by atoms with Gasteiger partial charge in [0.2, 0.25) is 10.0 Å². The molecule has 2 aromatic rings. The summed E-state index contributed by atoms with van der Waals surface area (Å²) in [6.07, 6.45) is 2.60. The second-order valence-electron chi connectivity index (χ2n) is 7.78. The van der Waals surface area contributed by atoms with Crippen LogP contribution in [0.15, 0.2) is 47.5 Å². The van der Waals surface area contributed by atoms with E-state index in [9.17, 15) is 18.3 Å².